The first kappa shape index (κ1) is 17.2. The molecule has 2 aromatic rings. The number of rotatable bonds is 8. The minimum atomic E-state index is 0.207. The highest BCUT2D eigenvalue weighted by atomic mass is 16.5. The van der Waals surface area contributed by atoms with Crippen LogP contribution in [0.1, 0.15) is 39.2 Å². The molecule has 124 valence electrons. The fraction of sp³-hybridized carbons (Fsp3) is 0.400. The molecular weight excluding hydrogens is 284 g/mol. The van der Waals surface area contributed by atoms with E-state index in [4.69, 9.17) is 4.74 Å². The van der Waals surface area contributed by atoms with Crippen LogP contribution in [-0.2, 0) is 0 Å². The average Bonchev–Trinajstić information content (AvgIpc) is 2.53. The van der Waals surface area contributed by atoms with Gasteiger partial charge in [-0.1, -0.05) is 32.0 Å². The molecular formula is C20H28N2O. The first-order valence-electron chi connectivity index (χ1n) is 8.39. The van der Waals surface area contributed by atoms with Crippen molar-refractivity contribution in [3.05, 3.63) is 54.1 Å². The quantitative estimate of drug-likeness (QED) is 0.664. The summed E-state index contributed by atoms with van der Waals surface area (Å²) in [6, 6.07) is 16.6. The van der Waals surface area contributed by atoms with Gasteiger partial charge in [-0.25, -0.2) is 0 Å². The summed E-state index contributed by atoms with van der Waals surface area (Å²) in [5, 5.41) is 6.94. The molecule has 23 heavy (non-hydrogen) atoms. The van der Waals surface area contributed by atoms with Crippen LogP contribution >= 0.6 is 0 Å². The Morgan fingerprint density at radius 3 is 2.13 bits per heavy atom. The Bertz CT molecular complexity index is 591. The molecule has 0 amide bonds. The predicted octanol–water partition coefficient (Wildman–Crippen LogP) is 5.12. The van der Waals surface area contributed by atoms with Gasteiger partial charge in [-0.3, -0.25) is 0 Å². The minimum absolute atomic E-state index is 0.207. The van der Waals surface area contributed by atoms with Crippen molar-refractivity contribution in [3.63, 3.8) is 0 Å². The van der Waals surface area contributed by atoms with Gasteiger partial charge in [0, 0.05) is 24.5 Å². The van der Waals surface area contributed by atoms with Crippen molar-refractivity contribution >= 4 is 11.4 Å². The van der Waals surface area contributed by atoms with E-state index in [2.05, 4.69) is 60.9 Å². The maximum absolute atomic E-state index is 5.65. The molecule has 0 unspecified atom stereocenters. The van der Waals surface area contributed by atoms with Gasteiger partial charge < -0.3 is 15.4 Å². The summed E-state index contributed by atoms with van der Waals surface area (Å²) in [5.41, 5.74) is 3.70. The van der Waals surface area contributed by atoms with Crippen LogP contribution < -0.4 is 15.4 Å². The summed E-state index contributed by atoms with van der Waals surface area (Å²) in [6.45, 7) is 10.3. The molecule has 0 saturated heterocycles. The molecule has 0 spiro atoms. The molecule has 0 aliphatic rings. The topological polar surface area (TPSA) is 33.3 Å². The van der Waals surface area contributed by atoms with Crippen LogP contribution in [0, 0.1) is 0 Å². The smallest absolute Gasteiger partial charge is 0.119 e. The number of hydrogen-bond donors (Lipinski definition) is 2. The molecule has 3 heteroatoms. The lowest BCUT2D eigenvalue weighted by Crippen LogP contribution is -2.14. The van der Waals surface area contributed by atoms with Gasteiger partial charge in [0.25, 0.3) is 0 Å². The highest BCUT2D eigenvalue weighted by Gasteiger charge is 2.04. The van der Waals surface area contributed by atoms with Gasteiger partial charge in [0.2, 0.25) is 0 Å². The molecule has 0 aromatic heterocycles. The zero-order valence-corrected chi connectivity index (χ0v) is 14.6. The standard InChI is InChI=1S/C20H28N2O/c1-15(2)19-7-5-6-8-20(19)22-14-13-21-17-9-11-18(12-10-17)23-16(3)4/h5-12,15-16,21-22H,13-14H2,1-4H3. The van der Waals surface area contributed by atoms with E-state index in [1.54, 1.807) is 0 Å². The molecule has 0 aliphatic heterocycles. The van der Waals surface area contributed by atoms with E-state index in [1.807, 2.05) is 26.0 Å². The van der Waals surface area contributed by atoms with Crippen molar-refractivity contribution in [3.8, 4) is 5.75 Å². The molecule has 0 aliphatic carbocycles. The van der Waals surface area contributed by atoms with Crippen LogP contribution in [-0.4, -0.2) is 19.2 Å². The number of benzene rings is 2. The third-order valence-corrected chi connectivity index (χ3v) is 3.58. The molecule has 0 atom stereocenters. The lowest BCUT2D eigenvalue weighted by molar-refractivity contribution is 0.242. The van der Waals surface area contributed by atoms with Gasteiger partial charge in [-0.2, -0.15) is 0 Å². The number of anilines is 2. The highest BCUT2D eigenvalue weighted by molar-refractivity contribution is 5.53. The summed E-state index contributed by atoms with van der Waals surface area (Å²) in [5.74, 6) is 1.44. The van der Waals surface area contributed by atoms with Crippen molar-refractivity contribution in [1.82, 2.24) is 0 Å². The first-order chi connectivity index (χ1) is 11.1. The van der Waals surface area contributed by atoms with E-state index >= 15 is 0 Å². The minimum Gasteiger partial charge on any atom is -0.491 e. The molecule has 2 aromatic carbocycles. The largest absolute Gasteiger partial charge is 0.491 e. The van der Waals surface area contributed by atoms with Crippen LogP contribution in [0.25, 0.3) is 0 Å². The number of ether oxygens (including phenoxy) is 1. The number of hydrogen-bond acceptors (Lipinski definition) is 3. The van der Waals surface area contributed by atoms with Crippen LogP contribution in [0.5, 0.6) is 5.75 Å². The van der Waals surface area contributed by atoms with E-state index in [1.165, 1.54) is 11.3 Å². The average molecular weight is 312 g/mol. The molecule has 0 heterocycles. The Hall–Kier alpha value is -2.16. The summed E-state index contributed by atoms with van der Waals surface area (Å²) in [4.78, 5) is 0. The van der Waals surface area contributed by atoms with Crippen LogP contribution in [0.15, 0.2) is 48.5 Å². The second-order valence-corrected chi connectivity index (χ2v) is 6.29. The van der Waals surface area contributed by atoms with Crippen molar-refractivity contribution in [2.24, 2.45) is 0 Å². The Morgan fingerprint density at radius 1 is 0.826 bits per heavy atom. The molecule has 0 saturated carbocycles. The monoisotopic (exact) mass is 312 g/mol. The molecule has 2 rings (SSSR count). The normalized spacial score (nSPS) is 10.9. The third-order valence-electron chi connectivity index (χ3n) is 3.58. The van der Waals surface area contributed by atoms with E-state index in [0.717, 1.165) is 24.5 Å². The van der Waals surface area contributed by atoms with E-state index in [-0.39, 0.29) is 6.10 Å². The van der Waals surface area contributed by atoms with Crippen LogP contribution in [0.3, 0.4) is 0 Å². The van der Waals surface area contributed by atoms with E-state index in [0.29, 0.717) is 5.92 Å². The van der Waals surface area contributed by atoms with Crippen molar-refractivity contribution in [1.29, 1.82) is 0 Å². The zero-order chi connectivity index (χ0) is 16.7. The highest BCUT2D eigenvalue weighted by Crippen LogP contribution is 2.23. The SMILES string of the molecule is CC(C)Oc1ccc(NCCNc2ccccc2C(C)C)cc1. The second kappa shape index (κ2) is 8.47. The molecule has 2 N–H and O–H groups in total. The Kier molecular flexibility index (Phi) is 6.33. The zero-order valence-electron chi connectivity index (χ0n) is 14.6. The number of para-hydroxylation sites is 1. The predicted molar refractivity (Wildman–Crippen MR) is 99.7 cm³/mol. The Labute approximate surface area is 140 Å². The second-order valence-electron chi connectivity index (χ2n) is 6.29. The third kappa shape index (κ3) is 5.51. The van der Waals surface area contributed by atoms with Gasteiger partial charge in [-0.15, -0.1) is 0 Å². The lowest BCUT2D eigenvalue weighted by Gasteiger charge is -2.15. The van der Waals surface area contributed by atoms with Crippen LogP contribution in [0.2, 0.25) is 0 Å². The maximum Gasteiger partial charge on any atom is 0.119 e. The lowest BCUT2D eigenvalue weighted by atomic mass is 10.0. The van der Waals surface area contributed by atoms with Gasteiger partial charge >= 0.3 is 0 Å². The van der Waals surface area contributed by atoms with Gasteiger partial charge in [0.15, 0.2) is 0 Å². The summed E-state index contributed by atoms with van der Waals surface area (Å²) >= 11 is 0. The number of nitrogens with one attached hydrogen (secondary N) is 2. The first-order valence-corrected chi connectivity index (χ1v) is 8.39. The Morgan fingerprint density at radius 2 is 1.48 bits per heavy atom. The van der Waals surface area contributed by atoms with Crippen molar-refractivity contribution < 1.29 is 4.74 Å². The van der Waals surface area contributed by atoms with Crippen LogP contribution in [0.4, 0.5) is 11.4 Å². The summed E-state index contributed by atoms with van der Waals surface area (Å²) in [6.07, 6.45) is 0.207. The van der Waals surface area contributed by atoms with Crippen molar-refractivity contribution in [2.45, 2.75) is 39.7 Å². The fourth-order valence-electron chi connectivity index (χ4n) is 2.49. The summed E-state index contributed by atoms with van der Waals surface area (Å²) in [7, 11) is 0. The molecule has 0 bridgehead atoms. The molecule has 3 nitrogen and oxygen atoms in total. The maximum atomic E-state index is 5.65. The fourth-order valence-corrected chi connectivity index (χ4v) is 2.49. The summed E-state index contributed by atoms with van der Waals surface area (Å²) < 4.78 is 5.65. The van der Waals surface area contributed by atoms with E-state index < -0.39 is 0 Å². The Balaban J connectivity index is 1.79. The van der Waals surface area contributed by atoms with Crippen molar-refractivity contribution in [2.75, 3.05) is 23.7 Å². The van der Waals surface area contributed by atoms with Gasteiger partial charge in [0.05, 0.1) is 6.10 Å². The van der Waals surface area contributed by atoms with E-state index in [9.17, 15) is 0 Å². The van der Waals surface area contributed by atoms with Gasteiger partial charge in [0.1, 0.15) is 5.75 Å². The van der Waals surface area contributed by atoms with Gasteiger partial charge in [-0.05, 0) is 55.7 Å². The molecule has 0 fully saturated rings. The molecule has 0 radical (unpaired) electrons.